The summed E-state index contributed by atoms with van der Waals surface area (Å²) in [5.41, 5.74) is 2.71. The van der Waals surface area contributed by atoms with Gasteiger partial charge in [-0.3, -0.25) is 4.99 Å². The van der Waals surface area contributed by atoms with Crippen LogP contribution in [0.25, 0.3) is 0 Å². The molecule has 0 spiro atoms. The van der Waals surface area contributed by atoms with Gasteiger partial charge in [0.1, 0.15) is 5.75 Å². The number of rotatable bonds is 6. The lowest BCUT2D eigenvalue weighted by Gasteiger charge is -2.17. The van der Waals surface area contributed by atoms with Crippen LogP contribution in [0.4, 0.5) is 0 Å². The maximum absolute atomic E-state index is 5.57. The zero-order valence-electron chi connectivity index (χ0n) is 14.8. The molecule has 1 heterocycles. The van der Waals surface area contributed by atoms with Crippen molar-refractivity contribution >= 4 is 17.7 Å². The molecule has 0 bridgehead atoms. The number of fused-ring (bicyclic) bond motifs is 1. The first-order chi connectivity index (χ1) is 11.8. The molecule has 1 aliphatic carbocycles. The highest BCUT2D eigenvalue weighted by atomic mass is 32.2. The quantitative estimate of drug-likeness (QED) is 0.613. The molecule has 1 aromatic carbocycles. The lowest BCUT2D eigenvalue weighted by atomic mass is 10.1. The normalized spacial score (nSPS) is 23.0. The van der Waals surface area contributed by atoms with E-state index in [1.807, 2.05) is 7.05 Å². The van der Waals surface area contributed by atoms with Gasteiger partial charge < -0.3 is 15.4 Å². The number of aliphatic imine (C=N–C) groups is 1. The van der Waals surface area contributed by atoms with Crippen LogP contribution < -0.4 is 15.4 Å². The van der Waals surface area contributed by atoms with Gasteiger partial charge in [-0.25, -0.2) is 0 Å². The SMILES string of the molecule is CCSC1CCC(NC(=NC)NCCc2ccc3c(c2)CCO3)C1. The molecule has 4 nitrogen and oxygen atoms in total. The lowest BCUT2D eigenvalue weighted by Crippen LogP contribution is -2.43. The first kappa shape index (κ1) is 17.5. The maximum atomic E-state index is 5.57. The van der Waals surface area contributed by atoms with Crippen LogP contribution in [-0.4, -0.2) is 43.2 Å². The highest BCUT2D eigenvalue weighted by Crippen LogP contribution is 2.29. The molecule has 1 fully saturated rings. The van der Waals surface area contributed by atoms with Crippen molar-refractivity contribution in [1.82, 2.24) is 10.6 Å². The first-order valence-electron chi connectivity index (χ1n) is 9.12. The molecular formula is C19H29N3OS. The number of hydrogen-bond donors (Lipinski definition) is 2. The molecule has 3 rings (SSSR count). The smallest absolute Gasteiger partial charge is 0.191 e. The minimum Gasteiger partial charge on any atom is -0.493 e. The summed E-state index contributed by atoms with van der Waals surface area (Å²) < 4.78 is 5.57. The standard InChI is InChI=1S/C19H29N3OS/c1-3-24-17-6-5-16(13-17)22-19(20-2)21-10-8-14-4-7-18-15(12-14)9-11-23-18/h4,7,12,16-17H,3,5-6,8-11,13H2,1-2H3,(H2,20,21,22). The van der Waals surface area contributed by atoms with Crippen LogP contribution in [0.2, 0.25) is 0 Å². The minimum absolute atomic E-state index is 0.567. The zero-order chi connectivity index (χ0) is 16.8. The fourth-order valence-corrected chi connectivity index (χ4v) is 4.71. The summed E-state index contributed by atoms with van der Waals surface area (Å²) in [6, 6.07) is 7.13. The summed E-state index contributed by atoms with van der Waals surface area (Å²) in [5, 5.41) is 7.87. The number of ether oxygens (including phenoxy) is 1. The van der Waals surface area contributed by atoms with Crippen molar-refractivity contribution in [2.75, 3.05) is 26.0 Å². The summed E-state index contributed by atoms with van der Waals surface area (Å²) in [7, 11) is 1.86. The van der Waals surface area contributed by atoms with Crippen molar-refractivity contribution in [2.45, 2.75) is 50.3 Å². The third-order valence-corrected chi connectivity index (χ3v) is 6.04. The predicted octanol–water partition coefficient (Wildman–Crippen LogP) is 3.00. The Labute approximate surface area is 149 Å². The van der Waals surface area contributed by atoms with Crippen molar-refractivity contribution in [2.24, 2.45) is 4.99 Å². The summed E-state index contributed by atoms with van der Waals surface area (Å²) >= 11 is 2.09. The number of hydrogen-bond acceptors (Lipinski definition) is 3. The Morgan fingerprint density at radius 1 is 1.38 bits per heavy atom. The molecule has 1 aromatic rings. The third-order valence-electron chi connectivity index (χ3n) is 4.81. The van der Waals surface area contributed by atoms with Gasteiger partial charge in [0.2, 0.25) is 0 Å². The number of guanidine groups is 1. The Morgan fingerprint density at radius 2 is 2.29 bits per heavy atom. The van der Waals surface area contributed by atoms with E-state index < -0.39 is 0 Å². The number of thioether (sulfide) groups is 1. The maximum Gasteiger partial charge on any atom is 0.191 e. The van der Waals surface area contributed by atoms with E-state index in [2.05, 4.69) is 52.5 Å². The molecule has 2 aliphatic rings. The average molecular weight is 348 g/mol. The van der Waals surface area contributed by atoms with Gasteiger partial charge in [0.15, 0.2) is 5.96 Å². The topological polar surface area (TPSA) is 45.7 Å². The Balaban J connectivity index is 1.42. The van der Waals surface area contributed by atoms with Crippen molar-refractivity contribution in [3.05, 3.63) is 29.3 Å². The second-order valence-electron chi connectivity index (χ2n) is 6.52. The molecule has 2 atom stereocenters. The summed E-state index contributed by atoms with van der Waals surface area (Å²) in [6.45, 7) is 3.97. The van der Waals surface area contributed by atoms with Gasteiger partial charge in [-0.2, -0.15) is 11.8 Å². The van der Waals surface area contributed by atoms with E-state index in [-0.39, 0.29) is 0 Å². The molecule has 0 radical (unpaired) electrons. The van der Waals surface area contributed by atoms with Crippen molar-refractivity contribution < 1.29 is 4.74 Å². The van der Waals surface area contributed by atoms with Crippen LogP contribution in [-0.2, 0) is 12.8 Å². The second kappa shape index (κ2) is 8.65. The largest absolute Gasteiger partial charge is 0.493 e. The number of nitrogens with zero attached hydrogens (tertiary/aromatic N) is 1. The molecule has 2 N–H and O–H groups in total. The summed E-state index contributed by atoms with van der Waals surface area (Å²) in [5.74, 6) is 3.22. The van der Waals surface area contributed by atoms with Gasteiger partial charge in [0.05, 0.1) is 6.61 Å². The van der Waals surface area contributed by atoms with Crippen LogP contribution in [0.5, 0.6) is 5.75 Å². The van der Waals surface area contributed by atoms with Gasteiger partial charge >= 0.3 is 0 Å². The van der Waals surface area contributed by atoms with E-state index in [0.29, 0.717) is 6.04 Å². The van der Waals surface area contributed by atoms with Crippen LogP contribution in [0.15, 0.2) is 23.2 Å². The van der Waals surface area contributed by atoms with Crippen molar-refractivity contribution in [3.63, 3.8) is 0 Å². The highest BCUT2D eigenvalue weighted by molar-refractivity contribution is 7.99. The fraction of sp³-hybridized carbons (Fsp3) is 0.632. The van der Waals surface area contributed by atoms with Gasteiger partial charge in [0, 0.05) is 31.3 Å². The van der Waals surface area contributed by atoms with Gasteiger partial charge in [0.25, 0.3) is 0 Å². The number of nitrogens with one attached hydrogen (secondary N) is 2. The molecule has 1 saturated carbocycles. The molecule has 5 heteroatoms. The Morgan fingerprint density at radius 3 is 3.12 bits per heavy atom. The molecule has 0 saturated heterocycles. The second-order valence-corrected chi connectivity index (χ2v) is 8.10. The predicted molar refractivity (Wildman–Crippen MR) is 103 cm³/mol. The molecule has 1 aliphatic heterocycles. The van der Waals surface area contributed by atoms with Gasteiger partial charge in [-0.05, 0) is 48.6 Å². The van der Waals surface area contributed by atoms with Gasteiger partial charge in [-0.15, -0.1) is 0 Å². The van der Waals surface area contributed by atoms with Crippen molar-refractivity contribution in [3.8, 4) is 5.75 Å². The van der Waals surface area contributed by atoms with E-state index in [0.717, 1.165) is 43.0 Å². The fourth-order valence-electron chi connectivity index (χ4n) is 3.57. The van der Waals surface area contributed by atoms with Crippen LogP contribution in [0.3, 0.4) is 0 Å². The number of benzene rings is 1. The van der Waals surface area contributed by atoms with Crippen molar-refractivity contribution in [1.29, 1.82) is 0 Å². The lowest BCUT2D eigenvalue weighted by molar-refractivity contribution is 0.357. The highest BCUT2D eigenvalue weighted by Gasteiger charge is 2.25. The average Bonchev–Trinajstić information content (AvgIpc) is 3.23. The molecule has 24 heavy (non-hydrogen) atoms. The first-order valence-corrected chi connectivity index (χ1v) is 10.2. The van der Waals surface area contributed by atoms with Crippen LogP contribution in [0.1, 0.15) is 37.3 Å². The molecule has 132 valence electrons. The van der Waals surface area contributed by atoms with E-state index >= 15 is 0 Å². The Bertz CT molecular complexity index is 576. The van der Waals surface area contributed by atoms with E-state index in [1.54, 1.807) is 0 Å². The van der Waals surface area contributed by atoms with Gasteiger partial charge in [-0.1, -0.05) is 19.1 Å². The molecular weight excluding hydrogens is 318 g/mol. The zero-order valence-corrected chi connectivity index (χ0v) is 15.6. The minimum atomic E-state index is 0.567. The Hall–Kier alpha value is -1.36. The Kier molecular flexibility index (Phi) is 6.30. The summed E-state index contributed by atoms with van der Waals surface area (Å²) in [6.07, 6.45) is 5.88. The van der Waals surface area contributed by atoms with E-state index in [4.69, 9.17) is 4.74 Å². The molecule has 0 amide bonds. The monoisotopic (exact) mass is 347 g/mol. The summed E-state index contributed by atoms with van der Waals surface area (Å²) in [4.78, 5) is 4.38. The van der Waals surface area contributed by atoms with Crippen LogP contribution in [0, 0.1) is 0 Å². The third kappa shape index (κ3) is 4.59. The van der Waals surface area contributed by atoms with E-state index in [9.17, 15) is 0 Å². The molecule has 2 unspecified atom stereocenters. The molecule has 0 aromatic heterocycles. The van der Waals surface area contributed by atoms with E-state index in [1.165, 1.54) is 36.1 Å². The van der Waals surface area contributed by atoms with Crippen LogP contribution >= 0.6 is 11.8 Å².